The predicted octanol–water partition coefficient (Wildman–Crippen LogP) is 3.56. The zero-order chi connectivity index (χ0) is 16.5. The molecule has 2 amide bonds. The molecule has 0 N–H and O–H groups in total. The van der Waals surface area contributed by atoms with Crippen molar-refractivity contribution in [2.24, 2.45) is 5.92 Å². The Hall–Kier alpha value is -1.62. The van der Waals surface area contributed by atoms with Crippen LogP contribution in [0.5, 0.6) is 0 Å². The summed E-state index contributed by atoms with van der Waals surface area (Å²) >= 11 is 0. The summed E-state index contributed by atoms with van der Waals surface area (Å²) in [5.41, 5.74) is 0.866. The van der Waals surface area contributed by atoms with Crippen molar-refractivity contribution in [3.8, 4) is 0 Å². The van der Waals surface area contributed by atoms with E-state index < -0.39 is 0 Å². The number of hydrogen-bond donors (Lipinski definition) is 0. The highest BCUT2D eigenvalue weighted by molar-refractivity contribution is 5.91. The minimum atomic E-state index is 0.0315. The van der Waals surface area contributed by atoms with E-state index in [1.165, 1.54) is 32.1 Å². The van der Waals surface area contributed by atoms with Crippen molar-refractivity contribution in [2.75, 3.05) is 38.8 Å². The summed E-state index contributed by atoms with van der Waals surface area (Å²) in [6.45, 7) is 2.01. The molecule has 5 heteroatoms. The number of hydrogen-bond acceptors (Lipinski definition) is 3. The molecule has 1 saturated carbocycles. The number of anilines is 1. The Balaban J connectivity index is 1.93. The molecule has 0 saturated heterocycles. The molecule has 0 unspecified atom stereocenters. The minimum Gasteiger partial charge on any atom is -0.383 e. The van der Waals surface area contributed by atoms with Gasteiger partial charge in [0.2, 0.25) is 0 Å². The standard InChI is InChI=1S/C18H29N3O2/c1-20(17-8-11-19-12-9-17)18(22)21(14-15-23-2)13-10-16-6-4-3-5-7-16/h8-9,11-12,16H,3-7,10,13-15H2,1-2H3. The number of methoxy groups -OCH3 is 1. The Bertz CT molecular complexity index is 461. The Morgan fingerprint density at radius 3 is 2.57 bits per heavy atom. The number of aromatic nitrogens is 1. The lowest BCUT2D eigenvalue weighted by Gasteiger charge is -2.30. The van der Waals surface area contributed by atoms with Gasteiger partial charge in [-0.1, -0.05) is 32.1 Å². The molecule has 1 aromatic heterocycles. The SMILES string of the molecule is COCCN(CCC1CCCCC1)C(=O)N(C)c1ccncc1. The summed E-state index contributed by atoms with van der Waals surface area (Å²) in [5.74, 6) is 0.771. The number of amides is 2. The maximum Gasteiger partial charge on any atom is 0.324 e. The largest absolute Gasteiger partial charge is 0.383 e. The van der Waals surface area contributed by atoms with Crippen molar-refractivity contribution < 1.29 is 9.53 Å². The number of rotatable bonds is 7. The molecule has 5 nitrogen and oxygen atoms in total. The molecule has 128 valence electrons. The lowest BCUT2D eigenvalue weighted by molar-refractivity contribution is 0.147. The molecule has 23 heavy (non-hydrogen) atoms. The summed E-state index contributed by atoms with van der Waals surface area (Å²) in [7, 11) is 3.49. The summed E-state index contributed by atoms with van der Waals surface area (Å²) in [6.07, 6.45) is 11.2. The summed E-state index contributed by atoms with van der Waals surface area (Å²) in [4.78, 5) is 20.4. The fourth-order valence-electron chi connectivity index (χ4n) is 3.21. The molecule has 1 aromatic rings. The second kappa shape index (κ2) is 9.50. The maximum absolute atomic E-state index is 12.8. The fourth-order valence-corrected chi connectivity index (χ4v) is 3.21. The minimum absolute atomic E-state index is 0.0315. The van der Waals surface area contributed by atoms with Crippen LogP contribution in [0.4, 0.5) is 10.5 Å². The van der Waals surface area contributed by atoms with E-state index in [-0.39, 0.29) is 6.03 Å². The highest BCUT2D eigenvalue weighted by Gasteiger charge is 2.21. The van der Waals surface area contributed by atoms with Gasteiger partial charge in [0.1, 0.15) is 0 Å². The van der Waals surface area contributed by atoms with Crippen LogP contribution in [-0.2, 0) is 4.74 Å². The topological polar surface area (TPSA) is 45.7 Å². The number of carbonyl (C=O) groups is 1. The van der Waals surface area contributed by atoms with Crippen LogP contribution in [0.15, 0.2) is 24.5 Å². The van der Waals surface area contributed by atoms with Gasteiger partial charge in [-0.25, -0.2) is 4.79 Å². The first-order valence-electron chi connectivity index (χ1n) is 8.64. The zero-order valence-electron chi connectivity index (χ0n) is 14.4. The number of pyridine rings is 1. The van der Waals surface area contributed by atoms with Crippen LogP contribution in [0.3, 0.4) is 0 Å². The Labute approximate surface area is 139 Å². The number of carbonyl (C=O) groups excluding carboxylic acids is 1. The van der Waals surface area contributed by atoms with Crippen molar-refractivity contribution in [3.63, 3.8) is 0 Å². The maximum atomic E-state index is 12.8. The monoisotopic (exact) mass is 319 g/mol. The lowest BCUT2D eigenvalue weighted by Crippen LogP contribution is -2.43. The van der Waals surface area contributed by atoms with Gasteiger partial charge in [-0.15, -0.1) is 0 Å². The third-order valence-electron chi connectivity index (χ3n) is 4.70. The highest BCUT2D eigenvalue weighted by atomic mass is 16.5. The second-order valence-corrected chi connectivity index (χ2v) is 6.32. The molecule has 1 aliphatic carbocycles. The highest BCUT2D eigenvalue weighted by Crippen LogP contribution is 2.26. The van der Waals surface area contributed by atoms with Crippen LogP contribution in [0.1, 0.15) is 38.5 Å². The predicted molar refractivity (Wildman–Crippen MR) is 92.7 cm³/mol. The van der Waals surface area contributed by atoms with Crippen LogP contribution in [-0.4, -0.2) is 49.8 Å². The first-order chi connectivity index (χ1) is 11.2. The van der Waals surface area contributed by atoms with E-state index in [2.05, 4.69) is 4.98 Å². The molecule has 0 spiro atoms. The molecule has 0 radical (unpaired) electrons. The van der Waals surface area contributed by atoms with E-state index in [0.717, 1.165) is 24.6 Å². The van der Waals surface area contributed by atoms with Crippen LogP contribution in [0, 0.1) is 5.92 Å². The van der Waals surface area contributed by atoms with Crippen molar-refractivity contribution >= 4 is 11.7 Å². The van der Waals surface area contributed by atoms with Crippen LogP contribution >= 0.6 is 0 Å². The van der Waals surface area contributed by atoms with Crippen molar-refractivity contribution in [3.05, 3.63) is 24.5 Å². The van der Waals surface area contributed by atoms with E-state index in [1.54, 1.807) is 24.4 Å². The van der Waals surface area contributed by atoms with Crippen LogP contribution in [0.25, 0.3) is 0 Å². The van der Waals surface area contributed by atoms with Gasteiger partial charge in [0.15, 0.2) is 0 Å². The Morgan fingerprint density at radius 2 is 1.91 bits per heavy atom. The van der Waals surface area contributed by atoms with Gasteiger partial charge in [-0.05, 0) is 24.5 Å². The van der Waals surface area contributed by atoms with E-state index in [4.69, 9.17) is 4.74 Å². The van der Waals surface area contributed by atoms with Gasteiger partial charge in [0.25, 0.3) is 0 Å². The number of urea groups is 1. The summed E-state index contributed by atoms with van der Waals surface area (Å²) in [6, 6.07) is 3.74. The summed E-state index contributed by atoms with van der Waals surface area (Å²) < 4.78 is 5.18. The van der Waals surface area contributed by atoms with Crippen molar-refractivity contribution in [2.45, 2.75) is 38.5 Å². The molecular formula is C18H29N3O2. The smallest absolute Gasteiger partial charge is 0.324 e. The van der Waals surface area contributed by atoms with Crippen molar-refractivity contribution in [1.29, 1.82) is 0 Å². The normalized spacial score (nSPS) is 15.4. The van der Waals surface area contributed by atoms with E-state index in [9.17, 15) is 4.79 Å². The lowest BCUT2D eigenvalue weighted by atomic mass is 9.87. The van der Waals surface area contributed by atoms with E-state index >= 15 is 0 Å². The molecule has 0 bridgehead atoms. The molecule has 0 atom stereocenters. The second-order valence-electron chi connectivity index (χ2n) is 6.32. The molecule has 1 aliphatic rings. The molecule has 1 heterocycles. The van der Waals surface area contributed by atoms with Gasteiger partial charge in [0, 0.05) is 45.3 Å². The average Bonchev–Trinajstić information content (AvgIpc) is 2.62. The zero-order valence-corrected chi connectivity index (χ0v) is 14.4. The Kier molecular flexibility index (Phi) is 7.33. The third-order valence-corrected chi connectivity index (χ3v) is 4.70. The van der Waals surface area contributed by atoms with Gasteiger partial charge in [-0.2, -0.15) is 0 Å². The van der Waals surface area contributed by atoms with Gasteiger partial charge in [0.05, 0.1) is 6.61 Å². The third kappa shape index (κ3) is 5.50. The van der Waals surface area contributed by atoms with Gasteiger partial charge in [-0.3, -0.25) is 9.88 Å². The molecule has 0 aromatic carbocycles. The van der Waals surface area contributed by atoms with E-state index in [1.807, 2.05) is 24.1 Å². The molecule has 0 aliphatic heterocycles. The summed E-state index contributed by atoms with van der Waals surface area (Å²) in [5, 5.41) is 0. The van der Waals surface area contributed by atoms with Crippen molar-refractivity contribution in [1.82, 2.24) is 9.88 Å². The Morgan fingerprint density at radius 1 is 1.22 bits per heavy atom. The van der Waals surface area contributed by atoms with Crippen LogP contribution in [0.2, 0.25) is 0 Å². The number of ether oxygens (including phenoxy) is 1. The average molecular weight is 319 g/mol. The van der Waals surface area contributed by atoms with Gasteiger partial charge >= 0.3 is 6.03 Å². The molecule has 2 rings (SSSR count). The molecular weight excluding hydrogens is 290 g/mol. The first kappa shape index (κ1) is 17.7. The van der Waals surface area contributed by atoms with Gasteiger partial charge < -0.3 is 9.64 Å². The number of nitrogens with zero attached hydrogens (tertiary/aromatic N) is 3. The van der Waals surface area contributed by atoms with E-state index in [0.29, 0.717) is 13.2 Å². The quantitative estimate of drug-likeness (QED) is 0.772. The first-order valence-corrected chi connectivity index (χ1v) is 8.64. The fraction of sp³-hybridized carbons (Fsp3) is 0.667. The molecule has 1 fully saturated rings. The van der Waals surface area contributed by atoms with Crippen LogP contribution < -0.4 is 4.90 Å².